The van der Waals surface area contributed by atoms with E-state index in [-0.39, 0.29) is 0 Å². The predicted molar refractivity (Wildman–Crippen MR) is 77.9 cm³/mol. The first kappa shape index (κ1) is 14.2. The highest BCUT2D eigenvalue weighted by molar-refractivity contribution is 5.47. The van der Waals surface area contributed by atoms with E-state index in [1.807, 2.05) is 12.1 Å². The van der Waals surface area contributed by atoms with Gasteiger partial charge in [-0.1, -0.05) is 31.9 Å². The molecule has 3 nitrogen and oxygen atoms in total. The summed E-state index contributed by atoms with van der Waals surface area (Å²) in [5.74, 6) is 1.81. The van der Waals surface area contributed by atoms with E-state index in [1.165, 1.54) is 24.8 Å². The summed E-state index contributed by atoms with van der Waals surface area (Å²) in [6.45, 7) is 6.81. The van der Waals surface area contributed by atoms with Crippen LogP contribution in [-0.2, 0) is 6.54 Å². The number of hydrogen-bond donors (Lipinski definition) is 1. The summed E-state index contributed by atoms with van der Waals surface area (Å²) in [6, 6.07) is 6.70. The molecule has 2 rings (SSSR count). The Morgan fingerprint density at radius 3 is 2.95 bits per heavy atom. The topological polar surface area (TPSA) is 30.5 Å². The average molecular weight is 263 g/mol. The van der Waals surface area contributed by atoms with Crippen LogP contribution in [0.2, 0.25) is 0 Å². The molecule has 0 aliphatic carbocycles. The maximum atomic E-state index is 5.83. The lowest BCUT2D eigenvalue weighted by atomic mass is 10.1. The Balaban J connectivity index is 1.96. The molecule has 0 saturated heterocycles. The Labute approximate surface area is 116 Å². The second kappa shape index (κ2) is 7.39. The first-order chi connectivity index (χ1) is 9.31. The van der Waals surface area contributed by atoms with Crippen molar-refractivity contribution in [2.45, 2.75) is 52.1 Å². The number of hydrogen-bond acceptors (Lipinski definition) is 3. The van der Waals surface area contributed by atoms with E-state index in [0.717, 1.165) is 37.7 Å². The van der Waals surface area contributed by atoms with Crippen LogP contribution in [0.5, 0.6) is 11.5 Å². The van der Waals surface area contributed by atoms with Gasteiger partial charge >= 0.3 is 0 Å². The number of fused-ring (bicyclic) bond motifs is 1. The smallest absolute Gasteiger partial charge is 0.165 e. The number of rotatable bonds is 6. The molecule has 0 spiro atoms. The summed E-state index contributed by atoms with van der Waals surface area (Å²) in [6.07, 6.45) is 4.71. The standard InChI is InChI=1S/C16H25NO2/c1-3-4-7-13(2)17-12-14-8-5-9-15-16(14)19-11-6-10-18-15/h5,8-9,13,17H,3-4,6-7,10-12H2,1-2H3. The van der Waals surface area contributed by atoms with Crippen LogP contribution < -0.4 is 14.8 Å². The summed E-state index contributed by atoms with van der Waals surface area (Å²) in [5, 5.41) is 3.57. The zero-order chi connectivity index (χ0) is 13.5. The van der Waals surface area contributed by atoms with Gasteiger partial charge < -0.3 is 14.8 Å². The SMILES string of the molecule is CCCCC(C)NCc1cccc2c1OCCCO2. The van der Waals surface area contributed by atoms with Crippen LogP contribution in [0.3, 0.4) is 0 Å². The number of benzene rings is 1. The highest BCUT2D eigenvalue weighted by atomic mass is 16.5. The van der Waals surface area contributed by atoms with Gasteiger partial charge in [-0.2, -0.15) is 0 Å². The van der Waals surface area contributed by atoms with Crippen LogP contribution in [-0.4, -0.2) is 19.3 Å². The molecule has 0 amide bonds. The Bertz CT molecular complexity index is 392. The molecule has 0 fully saturated rings. The van der Waals surface area contributed by atoms with Crippen LogP contribution in [0, 0.1) is 0 Å². The molecule has 1 unspecified atom stereocenters. The fourth-order valence-corrected chi connectivity index (χ4v) is 2.29. The lowest BCUT2D eigenvalue weighted by Crippen LogP contribution is -2.25. The van der Waals surface area contributed by atoms with Gasteiger partial charge in [0.2, 0.25) is 0 Å². The molecular weight excluding hydrogens is 238 g/mol. The van der Waals surface area contributed by atoms with Crippen molar-refractivity contribution >= 4 is 0 Å². The van der Waals surface area contributed by atoms with Gasteiger partial charge in [0.25, 0.3) is 0 Å². The fraction of sp³-hybridized carbons (Fsp3) is 0.625. The minimum atomic E-state index is 0.544. The molecule has 0 bridgehead atoms. The molecule has 1 heterocycles. The maximum Gasteiger partial charge on any atom is 0.165 e. The Hall–Kier alpha value is -1.22. The molecule has 106 valence electrons. The molecule has 1 N–H and O–H groups in total. The summed E-state index contributed by atoms with van der Waals surface area (Å²) in [4.78, 5) is 0. The van der Waals surface area contributed by atoms with Crippen LogP contribution in [0.1, 0.15) is 45.1 Å². The number of ether oxygens (including phenoxy) is 2. The van der Waals surface area contributed by atoms with Crippen LogP contribution in [0.15, 0.2) is 18.2 Å². The van der Waals surface area contributed by atoms with E-state index in [1.54, 1.807) is 0 Å². The van der Waals surface area contributed by atoms with Gasteiger partial charge in [0.15, 0.2) is 11.5 Å². The number of para-hydroxylation sites is 1. The summed E-state index contributed by atoms with van der Waals surface area (Å²) < 4.78 is 11.5. The van der Waals surface area contributed by atoms with Crippen molar-refractivity contribution in [3.8, 4) is 11.5 Å². The van der Waals surface area contributed by atoms with Crippen molar-refractivity contribution in [1.82, 2.24) is 5.32 Å². The first-order valence-electron chi connectivity index (χ1n) is 7.42. The van der Waals surface area contributed by atoms with Gasteiger partial charge in [-0.05, 0) is 19.4 Å². The molecule has 19 heavy (non-hydrogen) atoms. The highest BCUT2D eigenvalue weighted by Gasteiger charge is 2.14. The largest absolute Gasteiger partial charge is 0.490 e. The summed E-state index contributed by atoms with van der Waals surface area (Å²) in [7, 11) is 0. The van der Waals surface area contributed by atoms with E-state index in [2.05, 4.69) is 25.2 Å². The van der Waals surface area contributed by atoms with Crippen LogP contribution >= 0.6 is 0 Å². The zero-order valence-corrected chi connectivity index (χ0v) is 12.1. The lowest BCUT2D eigenvalue weighted by Gasteiger charge is -2.16. The normalized spacial score (nSPS) is 15.9. The Morgan fingerprint density at radius 1 is 1.26 bits per heavy atom. The van der Waals surface area contributed by atoms with Crippen LogP contribution in [0.4, 0.5) is 0 Å². The molecule has 1 aromatic rings. The average Bonchev–Trinajstić information content (AvgIpc) is 2.68. The minimum Gasteiger partial charge on any atom is -0.490 e. The van der Waals surface area contributed by atoms with Gasteiger partial charge in [0.05, 0.1) is 13.2 Å². The zero-order valence-electron chi connectivity index (χ0n) is 12.1. The van der Waals surface area contributed by atoms with Crippen molar-refractivity contribution in [1.29, 1.82) is 0 Å². The van der Waals surface area contributed by atoms with E-state index in [0.29, 0.717) is 6.04 Å². The minimum absolute atomic E-state index is 0.544. The first-order valence-corrected chi connectivity index (χ1v) is 7.42. The van der Waals surface area contributed by atoms with Crippen molar-refractivity contribution in [3.05, 3.63) is 23.8 Å². The van der Waals surface area contributed by atoms with Gasteiger partial charge in [0.1, 0.15) is 0 Å². The second-order valence-electron chi connectivity index (χ2n) is 5.22. The second-order valence-corrected chi connectivity index (χ2v) is 5.22. The van der Waals surface area contributed by atoms with E-state index < -0.39 is 0 Å². The molecule has 0 radical (unpaired) electrons. The molecule has 1 aromatic carbocycles. The van der Waals surface area contributed by atoms with Crippen molar-refractivity contribution in [2.24, 2.45) is 0 Å². The highest BCUT2D eigenvalue weighted by Crippen LogP contribution is 2.33. The van der Waals surface area contributed by atoms with Crippen molar-refractivity contribution in [3.63, 3.8) is 0 Å². The summed E-state index contributed by atoms with van der Waals surface area (Å²) in [5.41, 5.74) is 1.20. The molecule has 3 heteroatoms. The molecule has 0 aromatic heterocycles. The van der Waals surface area contributed by atoms with Gasteiger partial charge in [-0.3, -0.25) is 0 Å². The molecule has 0 saturated carbocycles. The monoisotopic (exact) mass is 263 g/mol. The quantitative estimate of drug-likeness (QED) is 0.852. The van der Waals surface area contributed by atoms with Gasteiger partial charge in [-0.25, -0.2) is 0 Å². The molecular formula is C16H25NO2. The third kappa shape index (κ3) is 4.13. The third-order valence-corrected chi connectivity index (χ3v) is 3.48. The van der Waals surface area contributed by atoms with E-state index >= 15 is 0 Å². The van der Waals surface area contributed by atoms with Crippen molar-refractivity contribution < 1.29 is 9.47 Å². The molecule has 1 atom stereocenters. The number of unbranched alkanes of at least 4 members (excludes halogenated alkanes) is 1. The Kier molecular flexibility index (Phi) is 5.52. The van der Waals surface area contributed by atoms with Gasteiger partial charge in [-0.15, -0.1) is 0 Å². The third-order valence-electron chi connectivity index (χ3n) is 3.48. The maximum absolute atomic E-state index is 5.83. The van der Waals surface area contributed by atoms with Crippen molar-refractivity contribution in [2.75, 3.05) is 13.2 Å². The molecule has 1 aliphatic rings. The predicted octanol–water partition coefficient (Wildman–Crippen LogP) is 3.52. The van der Waals surface area contributed by atoms with E-state index in [4.69, 9.17) is 9.47 Å². The fourth-order valence-electron chi connectivity index (χ4n) is 2.29. The lowest BCUT2D eigenvalue weighted by molar-refractivity contribution is 0.295. The molecule has 1 aliphatic heterocycles. The summed E-state index contributed by atoms with van der Waals surface area (Å²) >= 11 is 0. The van der Waals surface area contributed by atoms with Crippen LogP contribution in [0.25, 0.3) is 0 Å². The van der Waals surface area contributed by atoms with E-state index in [9.17, 15) is 0 Å². The Morgan fingerprint density at radius 2 is 2.11 bits per heavy atom. The number of nitrogens with one attached hydrogen (secondary N) is 1. The van der Waals surface area contributed by atoms with Gasteiger partial charge in [0, 0.05) is 24.6 Å².